The fourth-order valence-electron chi connectivity index (χ4n) is 3.01. The predicted octanol–water partition coefficient (Wildman–Crippen LogP) is 1.59. The summed E-state index contributed by atoms with van der Waals surface area (Å²) in [5.41, 5.74) is 1.10. The smallest absolute Gasteiger partial charge is 0.242 e. The third-order valence-corrected chi connectivity index (χ3v) is 4.32. The summed E-state index contributed by atoms with van der Waals surface area (Å²) in [6.07, 6.45) is 2.41. The van der Waals surface area contributed by atoms with E-state index in [1.165, 1.54) is 0 Å². The molecule has 5 nitrogen and oxygen atoms in total. The van der Waals surface area contributed by atoms with Crippen LogP contribution in [-0.2, 0) is 9.59 Å². The van der Waals surface area contributed by atoms with E-state index >= 15 is 0 Å². The normalized spacial score (nSPS) is 21.4. The minimum absolute atomic E-state index is 0.0457. The number of carbonyl (C=O) groups is 2. The summed E-state index contributed by atoms with van der Waals surface area (Å²) < 4.78 is 5.23. The molecule has 0 bridgehead atoms. The quantitative estimate of drug-likeness (QED) is 0.845. The fourth-order valence-corrected chi connectivity index (χ4v) is 3.01. The van der Waals surface area contributed by atoms with Gasteiger partial charge in [0, 0.05) is 19.5 Å². The third kappa shape index (κ3) is 2.73. The Hall–Kier alpha value is -2.04. The van der Waals surface area contributed by atoms with Crippen LogP contribution in [0.4, 0.5) is 0 Å². The number of hydrogen-bond donors (Lipinski definition) is 0. The maximum atomic E-state index is 12.4. The molecule has 0 saturated carbocycles. The van der Waals surface area contributed by atoms with Crippen molar-refractivity contribution in [2.45, 2.75) is 25.3 Å². The molecular formula is C16H20N2O3. The summed E-state index contributed by atoms with van der Waals surface area (Å²) in [6.45, 7) is 1.70. The van der Waals surface area contributed by atoms with E-state index in [1.54, 1.807) is 12.0 Å². The molecular weight excluding hydrogens is 268 g/mol. The van der Waals surface area contributed by atoms with Gasteiger partial charge in [-0.1, -0.05) is 12.1 Å². The predicted molar refractivity (Wildman–Crippen MR) is 77.9 cm³/mol. The molecule has 0 spiro atoms. The fraction of sp³-hybridized carbons (Fsp3) is 0.500. The second kappa shape index (κ2) is 5.76. The number of methoxy groups -OCH3 is 1. The van der Waals surface area contributed by atoms with Crippen molar-refractivity contribution < 1.29 is 14.3 Å². The highest BCUT2D eigenvalue weighted by atomic mass is 16.5. The van der Waals surface area contributed by atoms with E-state index < -0.39 is 0 Å². The average molecular weight is 288 g/mol. The number of carbonyl (C=O) groups excluding carboxylic acids is 2. The van der Waals surface area contributed by atoms with E-state index in [1.807, 2.05) is 29.2 Å². The molecule has 0 unspecified atom stereocenters. The molecule has 1 aromatic rings. The van der Waals surface area contributed by atoms with Crippen LogP contribution in [0.1, 0.15) is 30.9 Å². The number of amides is 2. The highest BCUT2D eigenvalue weighted by molar-refractivity contribution is 5.86. The lowest BCUT2D eigenvalue weighted by Crippen LogP contribution is -2.49. The van der Waals surface area contributed by atoms with Gasteiger partial charge in [-0.25, -0.2) is 0 Å². The lowest BCUT2D eigenvalue weighted by Gasteiger charge is -2.42. The van der Waals surface area contributed by atoms with Gasteiger partial charge in [0.1, 0.15) is 5.75 Å². The molecule has 2 aliphatic rings. The zero-order valence-corrected chi connectivity index (χ0v) is 12.2. The van der Waals surface area contributed by atoms with Crippen molar-refractivity contribution in [3.63, 3.8) is 0 Å². The van der Waals surface area contributed by atoms with Crippen LogP contribution in [-0.4, -0.2) is 48.4 Å². The number of rotatable bonds is 4. The maximum Gasteiger partial charge on any atom is 0.242 e. The van der Waals surface area contributed by atoms with Gasteiger partial charge in [0.15, 0.2) is 0 Å². The standard InChI is InChI=1S/C16H20N2O3/c1-21-13-5-2-4-12(10-13)14-7-9-18(14)16(20)11-17-8-3-6-15(17)19/h2,4-5,10,14H,3,6-9,11H2,1H3/t14-/m0/s1. The number of likely N-dealkylation sites (tertiary alicyclic amines) is 2. The highest BCUT2D eigenvalue weighted by Crippen LogP contribution is 2.34. The van der Waals surface area contributed by atoms with E-state index in [4.69, 9.17) is 4.74 Å². The van der Waals surface area contributed by atoms with E-state index in [-0.39, 0.29) is 24.4 Å². The molecule has 2 heterocycles. The molecule has 0 aromatic heterocycles. The first-order valence-electron chi connectivity index (χ1n) is 7.40. The number of ether oxygens (including phenoxy) is 1. The Kier molecular flexibility index (Phi) is 3.82. The van der Waals surface area contributed by atoms with Crippen molar-refractivity contribution in [1.29, 1.82) is 0 Å². The van der Waals surface area contributed by atoms with Gasteiger partial charge >= 0.3 is 0 Å². The SMILES string of the molecule is COc1cccc([C@@H]2CCN2C(=O)CN2CCCC2=O)c1. The Bertz CT molecular complexity index is 558. The number of nitrogens with zero attached hydrogens (tertiary/aromatic N) is 2. The van der Waals surface area contributed by atoms with Gasteiger partial charge in [0.2, 0.25) is 11.8 Å². The molecule has 1 atom stereocenters. The van der Waals surface area contributed by atoms with Gasteiger partial charge in [-0.05, 0) is 30.5 Å². The molecule has 2 amide bonds. The summed E-state index contributed by atoms with van der Waals surface area (Å²) in [4.78, 5) is 27.5. The Morgan fingerprint density at radius 2 is 2.24 bits per heavy atom. The summed E-state index contributed by atoms with van der Waals surface area (Å²) in [5, 5.41) is 0. The van der Waals surface area contributed by atoms with Crippen molar-refractivity contribution in [3.05, 3.63) is 29.8 Å². The Balaban J connectivity index is 1.66. The molecule has 112 valence electrons. The average Bonchev–Trinajstić information content (AvgIpc) is 2.83. The summed E-state index contributed by atoms with van der Waals surface area (Å²) in [5.74, 6) is 0.952. The molecule has 21 heavy (non-hydrogen) atoms. The summed E-state index contributed by atoms with van der Waals surface area (Å²) in [7, 11) is 1.64. The van der Waals surface area contributed by atoms with Gasteiger partial charge in [-0.2, -0.15) is 0 Å². The van der Waals surface area contributed by atoms with Crippen LogP contribution in [0.3, 0.4) is 0 Å². The van der Waals surface area contributed by atoms with E-state index in [0.717, 1.165) is 30.7 Å². The van der Waals surface area contributed by atoms with Gasteiger partial charge in [0.25, 0.3) is 0 Å². The van der Waals surface area contributed by atoms with Crippen LogP contribution in [0, 0.1) is 0 Å². The Morgan fingerprint density at radius 3 is 2.86 bits per heavy atom. The zero-order valence-electron chi connectivity index (χ0n) is 12.2. The van der Waals surface area contributed by atoms with E-state index in [2.05, 4.69) is 0 Å². The lowest BCUT2D eigenvalue weighted by molar-refractivity contribution is -0.144. The summed E-state index contributed by atoms with van der Waals surface area (Å²) >= 11 is 0. The van der Waals surface area contributed by atoms with Gasteiger partial charge in [-0.15, -0.1) is 0 Å². The topological polar surface area (TPSA) is 49.9 Å². The minimum atomic E-state index is 0.0457. The van der Waals surface area contributed by atoms with Crippen LogP contribution >= 0.6 is 0 Å². The monoisotopic (exact) mass is 288 g/mol. The zero-order chi connectivity index (χ0) is 14.8. The Labute approximate surface area is 124 Å². The first kappa shape index (κ1) is 13.9. The van der Waals surface area contributed by atoms with Gasteiger partial charge in [-0.3, -0.25) is 9.59 Å². The van der Waals surface area contributed by atoms with Crippen LogP contribution < -0.4 is 4.74 Å². The van der Waals surface area contributed by atoms with Gasteiger partial charge < -0.3 is 14.5 Å². The molecule has 0 radical (unpaired) electrons. The van der Waals surface area contributed by atoms with Crippen LogP contribution in [0.15, 0.2) is 24.3 Å². The molecule has 1 aromatic carbocycles. The largest absolute Gasteiger partial charge is 0.497 e. The molecule has 5 heteroatoms. The van der Waals surface area contributed by atoms with E-state index in [9.17, 15) is 9.59 Å². The summed E-state index contributed by atoms with van der Waals surface area (Å²) in [6, 6.07) is 7.96. The van der Waals surface area contributed by atoms with Crippen LogP contribution in [0.2, 0.25) is 0 Å². The molecule has 3 rings (SSSR count). The van der Waals surface area contributed by atoms with Crippen molar-refractivity contribution in [2.24, 2.45) is 0 Å². The van der Waals surface area contributed by atoms with Crippen molar-refractivity contribution in [3.8, 4) is 5.75 Å². The van der Waals surface area contributed by atoms with Crippen LogP contribution in [0.5, 0.6) is 5.75 Å². The molecule has 2 saturated heterocycles. The van der Waals surface area contributed by atoms with Crippen molar-refractivity contribution in [2.75, 3.05) is 26.7 Å². The highest BCUT2D eigenvalue weighted by Gasteiger charge is 2.35. The van der Waals surface area contributed by atoms with Gasteiger partial charge in [0.05, 0.1) is 19.7 Å². The first-order valence-corrected chi connectivity index (χ1v) is 7.40. The molecule has 0 N–H and O–H groups in total. The van der Waals surface area contributed by atoms with E-state index in [0.29, 0.717) is 13.0 Å². The number of benzene rings is 1. The van der Waals surface area contributed by atoms with Crippen LogP contribution in [0.25, 0.3) is 0 Å². The first-order chi connectivity index (χ1) is 10.2. The maximum absolute atomic E-state index is 12.4. The molecule has 2 aliphatic heterocycles. The second-order valence-corrected chi connectivity index (χ2v) is 5.59. The second-order valence-electron chi connectivity index (χ2n) is 5.59. The Morgan fingerprint density at radius 1 is 1.38 bits per heavy atom. The lowest BCUT2D eigenvalue weighted by atomic mass is 9.94. The number of hydrogen-bond acceptors (Lipinski definition) is 3. The van der Waals surface area contributed by atoms with Crippen molar-refractivity contribution in [1.82, 2.24) is 9.80 Å². The third-order valence-electron chi connectivity index (χ3n) is 4.32. The molecule has 0 aliphatic carbocycles. The minimum Gasteiger partial charge on any atom is -0.497 e. The molecule has 2 fully saturated rings. The van der Waals surface area contributed by atoms with Crippen molar-refractivity contribution >= 4 is 11.8 Å².